The van der Waals surface area contributed by atoms with Crippen molar-refractivity contribution in [3.05, 3.63) is 17.5 Å². The summed E-state index contributed by atoms with van der Waals surface area (Å²) in [5.41, 5.74) is 2.75. The second-order valence-electron chi connectivity index (χ2n) is 4.86. The highest BCUT2D eigenvalue weighted by molar-refractivity contribution is 5.17. The Morgan fingerprint density at radius 3 is 2.88 bits per heavy atom. The highest BCUT2D eigenvalue weighted by Gasteiger charge is 2.14. The minimum absolute atomic E-state index is 0.922. The zero-order chi connectivity index (χ0) is 11.4. The standard InChI is InChI=1S/C13H23N3/c1-3-13-12(10-16(2)15-13)5-4-11-6-8-14-9-7-11/h10-11,14H,3-9H2,1-2H3. The van der Waals surface area contributed by atoms with Crippen LogP contribution in [0.25, 0.3) is 0 Å². The Hall–Kier alpha value is -0.830. The molecule has 3 heteroatoms. The summed E-state index contributed by atoms with van der Waals surface area (Å²) in [4.78, 5) is 0. The molecule has 1 N–H and O–H groups in total. The number of rotatable bonds is 4. The Bertz CT molecular complexity index is 324. The van der Waals surface area contributed by atoms with E-state index < -0.39 is 0 Å². The third kappa shape index (κ3) is 2.85. The first-order chi connectivity index (χ1) is 7.79. The summed E-state index contributed by atoms with van der Waals surface area (Å²) in [5, 5.41) is 7.92. The maximum atomic E-state index is 4.50. The van der Waals surface area contributed by atoms with Crippen molar-refractivity contribution in [2.75, 3.05) is 13.1 Å². The normalized spacial score (nSPS) is 17.9. The Balaban J connectivity index is 1.87. The fourth-order valence-corrected chi connectivity index (χ4v) is 2.62. The molecule has 1 saturated heterocycles. The van der Waals surface area contributed by atoms with Crippen LogP contribution in [0.1, 0.15) is 37.4 Å². The summed E-state index contributed by atoms with van der Waals surface area (Å²) < 4.78 is 1.95. The van der Waals surface area contributed by atoms with Gasteiger partial charge in [-0.15, -0.1) is 0 Å². The van der Waals surface area contributed by atoms with E-state index in [2.05, 4.69) is 23.5 Å². The molecule has 0 aliphatic carbocycles. The number of nitrogens with zero attached hydrogens (tertiary/aromatic N) is 2. The molecule has 1 aromatic rings. The van der Waals surface area contributed by atoms with E-state index in [0.717, 1.165) is 12.3 Å². The van der Waals surface area contributed by atoms with Gasteiger partial charge in [-0.25, -0.2) is 0 Å². The lowest BCUT2D eigenvalue weighted by atomic mass is 9.91. The molecule has 0 unspecified atom stereocenters. The van der Waals surface area contributed by atoms with Gasteiger partial charge in [0, 0.05) is 13.2 Å². The Morgan fingerprint density at radius 1 is 1.44 bits per heavy atom. The summed E-state index contributed by atoms with van der Waals surface area (Å²) in [7, 11) is 2.02. The maximum Gasteiger partial charge on any atom is 0.0653 e. The Morgan fingerprint density at radius 2 is 2.19 bits per heavy atom. The predicted molar refractivity (Wildman–Crippen MR) is 66.5 cm³/mol. The molecule has 0 radical (unpaired) electrons. The van der Waals surface area contributed by atoms with Gasteiger partial charge in [0.05, 0.1) is 5.69 Å². The third-order valence-electron chi connectivity index (χ3n) is 3.61. The second kappa shape index (κ2) is 5.48. The number of nitrogens with one attached hydrogen (secondary N) is 1. The highest BCUT2D eigenvalue weighted by Crippen LogP contribution is 2.20. The first-order valence-corrected chi connectivity index (χ1v) is 6.51. The molecule has 0 aromatic carbocycles. The molecule has 2 heterocycles. The van der Waals surface area contributed by atoms with E-state index >= 15 is 0 Å². The largest absolute Gasteiger partial charge is 0.317 e. The second-order valence-corrected chi connectivity index (χ2v) is 4.86. The van der Waals surface area contributed by atoms with E-state index in [0.29, 0.717) is 0 Å². The van der Waals surface area contributed by atoms with Crippen molar-refractivity contribution in [1.29, 1.82) is 0 Å². The topological polar surface area (TPSA) is 29.9 Å². The molecule has 1 fully saturated rings. The van der Waals surface area contributed by atoms with Crippen LogP contribution >= 0.6 is 0 Å². The first kappa shape index (κ1) is 11.6. The van der Waals surface area contributed by atoms with Crippen LogP contribution in [-0.4, -0.2) is 22.9 Å². The van der Waals surface area contributed by atoms with Crippen LogP contribution in [0, 0.1) is 5.92 Å². The fourth-order valence-electron chi connectivity index (χ4n) is 2.62. The van der Waals surface area contributed by atoms with Gasteiger partial charge >= 0.3 is 0 Å². The fraction of sp³-hybridized carbons (Fsp3) is 0.769. The maximum absolute atomic E-state index is 4.50. The van der Waals surface area contributed by atoms with Crippen LogP contribution in [0.5, 0.6) is 0 Å². The van der Waals surface area contributed by atoms with Crippen molar-refractivity contribution >= 4 is 0 Å². The van der Waals surface area contributed by atoms with Gasteiger partial charge in [-0.2, -0.15) is 5.10 Å². The van der Waals surface area contributed by atoms with Gasteiger partial charge in [-0.05, 0) is 56.7 Å². The quantitative estimate of drug-likeness (QED) is 0.842. The summed E-state index contributed by atoms with van der Waals surface area (Å²) in [6, 6.07) is 0. The number of hydrogen-bond donors (Lipinski definition) is 1. The average molecular weight is 221 g/mol. The highest BCUT2D eigenvalue weighted by atomic mass is 15.2. The van der Waals surface area contributed by atoms with E-state index in [1.807, 2.05) is 11.7 Å². The average Bonchev–Trinajstić information content (AvgIpc) is 2.68. The molecular weight excluding hydrogens is 198 g/mol. The summed E-state index contributed by atoms with van der Waals surface area (Å²) in [5.74, 6) is 0.922. The van der Waals surface area contributed by atoms with Crippen LogP contribution in [0.3, 0.4) is 0 Å². The molecule has 0 saturated carbocycles. The molecule has 0 bridgehead atoms. The zero-order valence-electron chi connectivity index (χ0n) is 10.5. The molecule has 16 heavy (non-hydrogen) atoms. The number of aromatic nitrogens is 2. The third-order valence-corrected chi connectivity index (χ3v) is 3.61. The van der Waals surface area contributed by atoms with Gasteiger partial charge in [0.15, 0.2) is 0 Å². The van der Waals surface area contributed by atoms with E-state index in [9.17, 15) is 0 Å². The number of aryl methyl sites for hydroxylation is 3. The molecule has 0 spiro atoms. The summed E-state index contributed by atoms with van der Waals surface area (Å²) in [6.45, 7) is 4.60. The molecule has 0 atom stereocenters. The van der Waals surface area contributed by atoms with Gasteiger partial charge in [0.25, 0.3) is 0 Å². The molecular formula is C13H23N3. The lowest BCUT2D eigenvalue weighted by molar-refractivity contribution is 0.354. The van der Waals surface area contributed by atoms with Crippen LogP contribution in [0.4, 0.5) is 0 Å². The molecule has 1 aliphatic heterocycles. The van der Waals surface area contributed by atoms with Crippen molar-refractivity contribution in [3.63, 3.8) is 0 Å². The summed E-state index contributed by atoms with van der Waals surface area (Å²) >= 11 is 0. The van der Waals surface area contributed by atoms with E-state index in [1.165, 1.54) is 50.0 Å². The van der Waals surface area contributed by atoms with Crippen LogP contribution in [0.15, 0.2) is 6.20 Å². The minimum Gasteiger partial charge on any atom is -0.317 e. The van der Waals surface area contributed by atoms with Crippen molar-refractivity contribution < 1.29 is 0 Å². The smallest absolute Gasteiger partial charge is 0.0653 e. The Kier molecular flexibility index (Phi) is 3.99. The molecule has 1 aliphatic rings. The van der Waals surface area contributed by atoms with Gasteiger partial charge in [0.1, 0.15) is 0 Å². The van der Waals surface area contributed by atoms with Crippen LogP contribution < -0.4 is 5.32 Å². The molecule has 1 aromatic heterocycles. The van der Waals surface area contributed by atoms with E-state index in [-0.39, 0.29) is 0 Å². The number of hydrogen-bond acceptors (Lipinski definition) is 2. The molecule has 0 amide bonds. The lowest BCUT2D eigenvalue weighted by Gasteiger charge is -2.22. The van der Waals surface area contributed by atoms with Gasteiger partial charge < -0.3 is 5.32 Å². The zero-order valence-corrected chi connectivity index (χ0v) is 10.5. The van der Waals surface area contributed by atoms with E-state index in [4.69, 9.17) is 0 Å². The molecule has 2 rings (SSSR count). The molecule has 90 valence electrons. The Labute approximate surface area is 98.2 Å². The van der Waals surface area contributed by atoms with Crippen molar-refractivity contribution in [2.24, 2.45) is 13.0 Å². The van der Waals surface area contributed by atoms with Crippen molar-refractivity contribution in [1.82, 2.24) is 15.1 Å². The monoisotopic (exact) mass is 221 g/mol. The summed E-state index contributed by atoms with van der Waals surface area (Å²) in [6.07, 6.45) is 8.49. The predicted octanol–water partition coefficient (Wildman–Crippen LogP) is 1.91. The number of piperidine rings is 1. The van der Waals surface area contributed by atoms with Crippen LogP contribution in [-0.2, 0) is 19.9 Å². The van der Waals surface area contributed by atoms with Gasteiger partial charge in [-0.3, -0.25) is 4.68 Å². The SMILES string of the molecule is CCc1nn(C)cc1CCC1CCNCC1. The minimum atomic E-state index is 0.922. The van der Waals surface area contributed by atoms with Crippen molar-refractivity contribution in [3.8, 4) is 0 Å². The van der Waals surface area contributed by atoms with Gasteiger partial charge in [-0.1, -0.05) is 6.92 Å². The van der Waals surface area contributed by atoms with E-state index in [1.54, 1.807) is 0 Å². The lowest BCUT2D eigenvalue weighted by Crippen LogP contribution is -2.27. The van der Waals surface area contributed by atoms with Gasteiger partial charge in [0.2, 0.25) is 0 Å². The van der Waals surface area contributed by atoms with Crippen molar-refractivity contribution in [2.45, 2.75) is 39.0 Å². The molecule has 3 nitrogen and oxygen atoms in total. The first-order valence-electron chi connectivity index (χ1n) is 6.51. The van der Waals surface area contributed by atoms with Crippen LogP contribution in [0.2, 0.25) is 0 Å².